The maximum atomic E-state index is 11.8. The molecule has 206 valence electrons. The summed E-state index contributed by atoms with van der Waals surface area (Å²) >= 11 is 0. The summed E-state index contributed by atoms with van der Waals surface area (Å²) in [5.74, 6) is 1.73. The van der Waals surface area contributed by atoms with Gasteiger partial charge in [0, 0.05) is 18.5 Å². The van der Waals surface area contributed by atoms with Crippen LogP contribution < -0.4 is 24.2 Å². The normalized spacial score (nSPS) is 12.2. The van der Waals surface area contributed by atoms with Crippen molar-refractivity contribution >= 4 is 15.7 Å². The summed E-state index contributed by atoms with van der Waals surface area (Å²) in [5.41, 5.74) is 2.34. The number of anilines is 1. The molecule has 3 aromatic carbocycles. The number of aliphatic hydroxyl groups excluding tert-OH is 1. The van der Waals surface area contributed by atoms with Gasteiger partial charge in [0.25, 0.3) is 0 Å². The molecule has 3 aromatic rings. The Labute approximate surface area is 224 Å². The van der Waals surface area contributed by atoms with Crippen LogP contribution in [0.5, 0.6) is 23.0 Å². The summed E-state index contributed by atoms with van der Waals surface area (Å²) in [4.78, 5) is 0. The number of aliphatic hydroxyl groups is 1. The second-order valence-electron chi connectivity index (χ2n) is 8.74. The van der Waals surface area contributed by atoms with Gasteiger partial charge in [0.1, 0.15) is 35.7 Å². The minimum atomic E-state index is -3.55. The van der Waals surface area contributed by atoms with Crippen LogP contribution in [-0.2, 0) is 10.0 Å². The van der Waals surface area contributed by atoms with Gasteiger partial charge in [0.2, 0.25) is 10.0 Å². The molecule has 0 saturated carbocycles. The predicted molar refractivity (Wildman–Crippen MR) is 148 cm³/mol. The van der Waals surface area contributed by atoms with Crippen LogP contribution in [0.3, 0.4) is 0 Å². The van der Waals surface area contributed by atoms with Crippen LogP contribution in [0.4, 0.5) is 5.69 Å². The van der Waals surface area contributed by atoms with Gasteiger partial charge >= 0.3 is 0 Å². The number of sulfonamides is 1. The lowest BCUT2D eigenvalue weighted by atomic mass is 9.88. The molecule has 0 aliphatic rings. The Balaban J connectivity index is 1.54. The van der Waals surface area contributed by atoms with Crippen molar-refractivity contribution in [1.29, 1.82) is 0 Å². The summed E-state index contributed by atoms with van der Waals surface area (Å²) in [7, 11) is -0.266. The van der Waals surface area contributed by atoms with E-state index in [0.29, 0.717) is 18.8 Å². The summed E-state index contributed by atoms with van der Waals surface area (Å²) in [6.07, 6.45) is 0.00510. The maximum absolute atomic E-state index is 11.8. The van der Waals surface area contributed by atoms with Crippen LogP contribution in [0.15, 0.2) is 66.7 Å². The maximum Gasteiger partial charge on any atom is 0.232 e. The summed E-state index contributed by atoms with van der Waals surface area (Å²) in [6.45, 7) is 2.46. The minimum absolute atomic E-state index is 0.00185. The Kier molecular flexibility index (Phi) is 10.6. The first kappa shape index (κ1) is 29.1. The number of aromatic hydroxyl groups is 1. The van der Waals surface area contributed by atoms with Crippen molar-refractivity contribution in [3.05, 3.63) is 77.9 Å². The highest BCUT2D eigenvalue weighted by Gasteiger charge is 2.16. The second-order valence-corrected chi connectivity index (χ2v) is 10.8. The molecule has 0 saturated heterocycles. The fourth-order valence-corrected chi connectivity index (χ4v) is 4.53. The third-order valence-electron chi connectivity index (χ3n) is 6.08. The van der Waals surface area contributed by atoms with Crippen molar-refractivity contribution in [2.45, 2.75) is 25.4 Å². The number of methoxy groups -OCH3 is 2. The zero-order chi connectivity index (χ0) is 27.5. The van der Waals surface area contributed by atoms with E-state index < -0.39 is 16.1 Å². The average molecular weight is 545 g/mol. The van der Waals surface area contributed by atoms with Gasteiger partial charge in [-0.1, -0.05) is 24.3 Å². The van der Waals surface area contributed by atoms with Crippen molar-refractivity contribution in [1.82, 2.24) is 5.32 Å². The molecule has 0 aliphatic carbocycles. The van der Waals surface area contributed by atoms with E-state index in [1.54, 1.807) is 14.2 Å². The predicted octanol–water partition coefficient (Wildman–Crippen LogP) is 3.72. The van der Waals surface area contributed by atoms with Crippen molar-refractivity contribution in [2.24, 2.45) is 0 Å². The lowest BCUT2D eigenvalue weighted by Gasteiger charge is -2.20. The Hall–Kier alpha value is -3.47. The van der Waals surface area contributed by atoms with Gasteiger partial charge in [0.15, 0.2) is 0 Å². The van der Waals surface area contributed by atoms with Crippen molar-refractivity contribution < 1.29 is 32.8 Å². The third-order valence-corrected chi connectivity index (χ3v) is 7.37. The molecule has 0 unspecified atom stereocenters. The number of phenolic OH excluding ortho intramolecular Hbond substituents is 1. The van der Waals surface area contributed by atoms with Crippen LogP contribution in [0.25, 0.3) is 0 Å². The topological polar surface area (TPSA) is 126 Å². The van der Waals surface area contributed by atoms with Gasteiger partial charge in [-0.15, -0.1) is 0 Å². The zero-order valence-corrected chi connectivity index (χ0v) is 22.7. The Morgan fingerprint density at radius 3 is 1.95 bits per heavy atom. The molecule has 38 heavy (non-hydrogen) atoms. The Morgan fingerprint density at radius 1 is 0.868 bits per heavy atom. The Morgan fingerprint density at radius 2 is 1.42 bits per heavy atom. The molecule has 0 bridgehead atoms. The first-order valence-electron chi connectivity index (χ1n) is 12.4. The van der Waals surface area contributed by atoms with Gasteiger partial charge in [-0.2, -0.15) is 0 Å². The van der Waals surface area contributed by atoms with Crippen molar-refractivity contribution in [2.75, 3.05) is 44.4 Å². The molecule has 0 heterocycles. The van der Waals surface area contributed by atoms with Crippen LogP contribution in [0, 0.1) is 0 Å². The molecular formula is C28H36N2O7S. The van der Waals surface area contributed by atoms with E-state index in [9.17, 15) is 18.6 Å². The zero-order valence-electron chi connectivity index (χ0n) is 21.9. The van der Waals surface area contributed by atoms with Crippen LogP contribution in [0.2, 0.25) is 0 Å². The number of phenols is 1. The Bertz CT molecular complexity index is 1200. The van der Waals surface area contributed by atoms with E-state index >= 15 is 0 Å². The van der Waals surface area contributed by atoms with E-state index in [2.05, 4.69) is 34.3 Å². The van der Waals surface area contributed by atoms with Gasteiger partial charge in [-0.25, -0.2) is 8.42 Å². The van der Waals surface area contributed by atoms with Gasteiger partial charge < -0.3 is 29.7 Å². The van der Waals surface area contributed by atoms with Crippen molar-refractivity contribution in [3.63, 3.8) is 0 Å². The van der Waals surface area contributed by atoms with E-state index in [-0.39, 0.29) is 29.7 Å². The monoisotopic (exact) mass is 544 g/mol. The van der Waals surface area contributed by atoms with Crippen LogP contribution in [-0.4, -0.2) is 64.4 Å². The number of ether oxygens (including phenoxy) is 3. The first-order chi connectivity index (χ1) is 18.2. The standard InChI is InChI=1S/C28H36N2O7S/c1-4-38(33,34)30-27-17-25(13-14-28(27)32)37-19-22(31)18-29-16-15-26(20-5-9-23(35-2)10-6-20)21-7-11-24(36-3)12-8-21/h5-14,17,22,26,29-32H,4,15-16,18-19H2,1-3H3/t22-/m0/s1. The SMILES string of the molecule is CCS(=O)(=O)Nc1cc(OC[C@@H](O)CNCCC(c2ccc(OC)cc2)c2ccc(OC)cc2)ccc1O. The smallest absolute Gasteiger partial charge is 0.232 e. The lowest BCUT2D eigenvalue weighted by molar-refractivity contribution is 0.106. The minimum Gasteiger partial charge on any atom is -0.506 e. The van der Waals surface area contributed by atoms with Gasteiger partial charge in [-0.05, 0) is 67.4 Å². The molecule has 1 atom stereocenters. The van der Waals surface area contributed by atoms with Crippen molar-refractivity contribution in [3.8, 4) is 23.0 Å². The summed E-state index contributed by atoms with van der Waals surface area (Å²) in [6, 6.07) is 20.3. The fraction of sp³-hybridized carbons (Fsp3) is 0.357. The third kappa shape index (κ3) is 8.54. The molecule has 0 aliphatic heterocycles. The molecule has 10 heteroatoms. The molecule has 9 nitrogen and oxygen atoms in total. The highest BCUT2D eigenvalue weighted by Crippen LogP contribution is 2.31. The molecule has 0 fully saturated rings. The summed E-state index contributed by atoms with van der Waals surface area (Å²) in [5, 5.41) is 23.6. The van der Waals surface area contributed by atoms with Gasteiger partial charge in [-0.3, -0.25) is 4.72 Å². The molecule has 0 radical (unpaired) electrons. The van der Waals surface area contributed by atoms with E-state index in [0.717, 1.165) is 29.0 Å². The number of nitrogens with one attached hydrogen (secondary N) is 2. The highest BCUT2D eigenvalue weighted by molar-refractivity contribution is 7.92. The van der Waals surface area contributed by atoms with Crippen LogP contribution >= 0.6 is 0 Å². The number of hydrogen-bond acceptors (Lipinski definition) is 8. The quantitative estimate of drug-likeness (QED) is 0.168. The lowest BCUT2D eigenvalue weighted by Crippen LogP contribution is -2.32. The molecule has 0 aromatic heterocycles. The average Bonchev–Trinajstić information content (AvgIpc) is 2.93. The van der Waals surface area contributed by atoms with E-state index in [1.807, 2.05) is 24.3 Å². The van der Waals surface area contributed by atoms with E-state index in [4.69, 9.17) is 14.2 Å². The fourth-order valence-electron chi connectivity index (χ4n) is 3.89. The number of rotatable bonds is 15. The summed E-state index contributed by atoms with van der Waals surface area (Å²) < 4.78 is 42.1. The highest BCUT2D eigenvalue weighted by atomic mass is 32.2. The molecule has 0 spiro atoms. The first-order valence-corrected chi connectivity index (χ1v) is 14.0. The number of hydrogen-bond donors (Lipinski definition) is 4. The largest absolute Gasteiger partial charge is 0.506 e. The molecule has 4 N–H and O–H groups in total. The number of benzene rings is 3. The second kappa shape index (κ2) is 13.9. The molecular weight excluding hydrogens is 508 g/mol. The molecule has 0 amide bonds. The molecule has 3 rings (SSSR count). The van der Waals surface area contributed by atoms with Crippen LogP contribution in [0.1, 0.15) is 30.4 Å². The van der Waals surface area contributed by atoms with E-state index in [1.165, 1.54) is 25.1 Å². The van der Waals surface area contributed by atoms with Gasteiger partial charge in [0.05, 0.1) is 25.7 Å².